The minimum absolute atomic E-state index is 0.0302. The highest BCUT2D eigenvalue weighted by Gasteiger charge is 2.65. The molecule has 1 fully saturated rings. The molecule has 1 aromatic carbocycles. The maximum atomic E-state index is 12.8. The number of nitrogens with one attached hydrogen (secondary N) is 2. The van der Waals surface area contributed by atoms with E-state index in [1.807, 2.05) is 0 Å². The van der Waals surface area contributed by atoms with Crippen LogP contribution in [0.3, 0.4) is 0 Å². The Hall–Kier alpha value is -1.47. The monoisotopic (exact) mass is 248 g/mol. The largest absolute Gasteiger partial charge is 0.493 e. The Morgan fingerprint density at radius 1 is 1.06 bits per heavy atom. The summed E-state index contributed by atoms with van der Waals surface area (Å²) in [6.07, 6.45) is -4.42. The lowest BCUT2D eigenvalue weighted by Gasteiger charge is -2.17. The van der Waals surface area contributed by atoms with Gasteiger partial charge in [0.05, 0.1) is 14.2 Å². The molecule has 4 nitrogen and oxygen atoms in total. The maximum absolute atomic E-state index is 12.8. The van der Waals surface area contributed by atoms with Gasteiger partial charge in [-0.15, -0.1) is 0 Å². The van der Waals surface area contributed by atoms with Gasteiger partial charge in [-0.2, -0.15) is 13.2 Å². The van der Waals surface area contributed by atoms with Crippen LogP contribution in [0.4, 0.5) is 13.2 Å². The average Bonchev–Trinajstić information content (AvgIpc) is 3.08. The molecule has 0 amide bonds. The highest BCUT2D eigenvalue weighted by molar-refractivity contribution is 5.46. The van der Waals surface area contributed by atoms with Crippen LogP contribution in [0.15, 0.2) is 18.2 Å². The fourth-order valence-corrected chi connectivity index (χ4v) is 1.58. The lowest BCUT2D eigenvalue weighted by Crippen LogP contribution is -2.34. The Morgan fingerprint density at radius 3 is 2.06 bits per heavy atom. The zero-order chi connectivity index (χ0) is 12.7. The van der Waals surface area contributed by atoms with Gasteiger partial charge in [0.2, 0.25) is 5.66 Å². The molecule has 17 heavy (non-hydrogen) atoms. The van der Waals surface area contributed by atoms with E-state index in [9.17, 15) is 13.2 Å². The summed E-state index contributed by atoms with van der Waals surface area (Å²) in [6.45, 7) is 0. The van der Waals surface area contributed by atoms with Crippen molar-refractivity contribution in [2.45, 2.75) is 11.8 Å². The van der Waals surface area contributed by atoms with Crippen LogP contribution < -0.4 is 20.3 Å². The summed E-state index contributed by atoms with van der Waals surface area (Å²) in [7, 11) is 2.79. The SMILES string of the molecule is COc1ccc(C2(C(F)(F)F)NN2)cc1OC. The average molecular weight is 248 g/mol. The number of hydrazine groups is 1. The molecule has 1 aromatic rings. The van der Waals surface area contributed by atoms with Gasteiger partial charge in [0.1, 0.15) is 0 Å². The molecule has 0 unspecified atom stereocenters. The first-order valence-corrected chi connectivity index (χ1v) is 4.78. The third-order valence-electron chi connectivity index (χ3n) is 2.62. The minimum Gasteiger partial charge on any atom is -0.493 e. The zero-order valence-electron chi connectivity index (χ0n) is 9.18. The number of rotatable bonds is 3. The molecule has 1 aliphatic rings. The third-order valence-corrected chi connectivity index (χ3v) is 2.62. The Labute approximate surface area is 95.7 Å². The predicted molar refractivity (Wildman–Crippen MR) is 53.6 cm³/mol. The van der Waals surface area contributed by atoms with E-state index in [0.29, 0.717) is 5.75 Å². The smallest absolute Gasteiger partial charge is 0.426 e. The maximum Gasteiger partial charge on any atom is 0.426 e. The summed E-state index contributed by atoms with van der Waals surface area (Å²) < 4.78 is 48.3. The van der Waals surface area contributed by atoms with E-state index >= 15 is 0 Å². The van der Waals surface area contributed by atoms with Crippen LogP contribution >= 0.6 is 0 Å². The Morgan fingerprint density at radius 2 is 1.65 bits per heavy atom. The van der Waals surface area contributed by atoms with Crippen molar-refractivity contribution in [3.05, 3.63) is 23.8 Å². The van der Waals surface area contributed by atoms with Crippen LogP contribution in [-0.4, -0.2) is 20.4 Å². The second-order valence-electron chi connectivity index (χ2n) is 3.57. The fourth-order valence-electron chi connectivity index (χ4n) is 1.58. The molecule has 2 rings (SSSR count). The summed E-state index contributed by atoms with van der Waals surface area (Å²) in [6, 6.07) is 4.06. The highest BCUT2D eigenvalue weighted by atomic mass is 19.4. The number of halogens is 3. The number of hydrogen-bond donors (Lipinski definition) is 2. The molecule has 0 spiro atoms. The molecule has 0 atom stereocenters. The molecular formula is C10H11F3N2O2. The van der Waals surface area contributed by atoms with Crippen molar-refractivity contribution in [3.63, 3.8) is 0 Å². The Balaban J connectivity index is 2.41. The molecule has 0 bridgehead atoms. The first-order chi connectivity index (χ1) is 7.94. The molecule has 0 saturated carbocycles. The third kappa shape index (κ3) is 1.81. The summed E-state index contributed by atoms with van der Waals surface area (Å²) in [5.41, 5.74) is 2.10. The van der Waals surface area contributed by atoms with E-state index in [-0.39, 0.29) is 11.3 Å². The van der Waals surface area contributed by atoms with Gasteiger partial charge in [0, 0.05) is 5.56 Å². The van der Waals surface area contributed by atoms with Gasteiger partial charge >= 0.3 is 6.18 Å². The van der Waals surface area contributed by atoms with Crippen molar-refractivity contribution in [2.75, 3.05) is 14.2 Å². The Kier molecular flexibility index (Phi) is 2.67. The van der Waals surface area contributed by atoms with Gasteiger partial charge in [-0.1, -0.05) is 6.07 Å². The van der Waals surface area contributed by atoms with Crippen LogP contribution in [0.1, 0.15) is 5.56 Å². The van der Waals surface area contributed by atoms with Crippen molar-refractivity contribution in [1.82, 2.24) is 10.9 Å². The van der Waals surface area contributed by atoms with Gasteiger partial charge < -0.3 is 9.47 Å². The fraction of sp³-hybridized carbons (Fsp3) is 0.400. The van der Waals surface area contributed by atoms with E-state index in [0.717, 1.165) is 0 Å². The van der Waals surface area contributed by atoms with Crippen LogP contribution in [-0.2, 0) is 5.66 Å². The van der Waals surface area contributed by atoms with Crippen molar-refractivity contribution in [1.29, 1.82) is 0 Å². The standard InChI is InChI=1S/C10H11F3N2O2/c1-16-7-4-3-6(5-8(7)17-2)9(14-15-9)10(11,12)13/h3-5,14-15H,1-2H3. The number of alkyl halides is 3. The normalized spacial score (nSPS) is 17.7. The van der Waals surface area contributed by atoms with Crippen LogP contribution in [0, 0.1) is 0 Å². The second kappa shape index (κ2) is 3.78. The van der Waals surface area contributed by atoms with Gasteiger partial charge in [-0.3, -0.25) is 0 Å². The molecule has 94 valence electrons. The topological polar surface area (TPSA) is 62.3 Å². The van der Waals surface area contributed by atoms with E-state index in [2.05, 4.69) is 10.9 Å². The summed E-state index contributed by atoms with van der Waals surface area (Å²) in [5, 5.41) is 0. The molecule has 1 saturated heterocycles. The van der Waals surface area contributed by atoms with Crippen LogP contribution in [0.2, 0.25) is 0 Å². The molecule has 0 aromatic heterocycles. The number of methoxy groups -OCH3 is 2. The van der Waals surface area contributed by atoms with E-state index in [1.54, 1.807) is 0 Å². The van der Waals surface area contributed by atoms with E-state index in [4.69, 9.17) is 9.47 Å². The first-order valence-electron chi connectivity index (χ1n) is 4.78. The highest BCUT2D eigenvalue weighted by Crippen LogP contribution is 2.44. The molecule has 7 heteroatoms. The molecule has 0 radical (unpaired) electrons. The lowest BCUT2D eigenvalue weighted by molar-refractivity contribution is -0.165. The van der Waals surface area contributed by atoms with Crippen molar-refractivity contribution >= 4 is 0 Å². The van der Waals surface area contributed by atoms with Crippen LogP contribution in [0.5, 0.6) is 11.5 Å². The van der Waals surface area contributed by atoms with Crippen molar-refractivity contribution in [2.24, 2.45) is 0 Å². The zero-order valence-corrected chi connectivity index (χ0v) is 9.18. The second-order valence-corrected chi connectivity index (χ2v) is 3.57. The summed E-state index contributed by atoms with van der Waals surface area (Å²) in [4.78, 5) is 0. The molecule has 0 aliphatic carbocycles. The molecule has 1 aliphatic heterocycles. The number of ether oxygens (including phenoxy) is 2. The van der Waals surface area contributed by atoms with E-state index in [1.165, 1.54) is 32.4 Å². The van der Waals surface area contributed by atoms with Gasteiger partial charge in [0.25, 0.3) is 0 Å². The first kappa shape index (κ1) is 12.0. The molecular weight excluding hydrogens is 237 g/mol. The van der Waals surface area contributed by atoms with Crippen molar-refractivity contribution < 1.29 is 22.6 Å². The molecule has 1 heterocycles. The summed E-state index contributed by atoms with van der Waals surface area (Å²) >= 11 is 0. The van der Waals surface area contributed by atoms with Crippen molar-refractivity contribution in [3.8, 4) is 11.5 Å². The van der Waals surface area contributed by atoms with Gasteiger partial charge in [-0.05, 0) is 12.1 Å². The van der Waals surface area contributed by atoms with E-state index < -0.39 is 11.8 Å². The lowest BCUT2D eigenvalue weighted by atomic mass is 10.0. The minimum atomic E-state index is -4.42. The quantitative estimate of drug-likeness (QED) is 0.796. The van der Waals surface area contributed by atoms with Gasteiger partial charge in [-0.25, -0.2) is 10.9 Å². The number of benzene rings is 1. The Bertz CT molecular complexity index is 430. The predicted octanol–water partition coefficient (Wildman–Crippen LogP) is 1.53. The van der Waals surface area contributed by atoms with Crippen LogP contribution in [0.25, 0.3) is 0 Å². The number of hydrogen-bond acceptors (Lipinski definition) is 4. The molecule has 2 N–H and O–H groups in total. The van der Waals surface area contributed by atoms with Gasteiger partial charge in [0.15, 0.2) is 11.5 Å². The summed E-state index contributed by atoms with van der Waals surface area (Å²) in [5.74, 6) is 0.637.